The number of alkyl halides is 1. The van der Waals surface area contributed by atoms with Crippen LogP contribution in [0.25, 0.3) is 32.1 Å². The lowest BCUT2D eigenvalue weighted by Gasteiger charge is -2.40. The normalized spacial score (nSPS) is 25.8. The molecule has 6 heterocycles. The van der Waals surface area contributed by atoms with E-state index in [1.54, 1.807) is 6.07 Å². The summed E-state index contributed by atoms with van der Waals surface area (Å²) in [5, 5.41) is 20.0. The van der Waals surface area contributed by atoms with Gasteiger partial charge in [-0.25, -0.2) is 13.2 Å². The fourth-order valence-corrected chi connectivity index (χ4v) is 9.61. The number of rotatable bonds is 6. The van der Waals surface area contributed by atoms with E-state index in [0.717, 1.165) is 43.6 Å². The lowest BCUT2D eigenvalue weighted by atomic mass is 9.95. The van der Waals surface area contributed by atoms with Crippen molar-refractivity contribution in [3.8, 4) is 29.3 Å². The zero-order valence-electron chi connectivity index (χ0n) is 25.3. The molecule has 242 valence electrons. The summed E-state index contributed by atoms with van der Waals surface area (Å²) in [6, 6.07) is 8.75. The number of thiophene rings is 1. The third-order valence-corrected chi connectivity index (χ3v) is 11.8. The Balaban J connectivity index is 1.27. The zero-order valence-corrected chi connectivity index (χ0v) is 26.9. The second kappa shape index (κ2) is 11.4. The van der Waals surface area contributed by atoms with Crippen LogP contribution in [-0.2, 0) is 0 Å². The van der Waals surface area contributed by atoms with Gasteiger partial charge in [0.1, 0.15) is 41.0 Å². The summed E-state index contributed by atoms with van der Waals surface area (Å²) in [6.07, 6.45) is 3.02. The van der Waals surface area contributed by atoms with E-state index < -0.39 is 23.3 Å². The minimum Gasteiger partial charge on any atom is -0.461 e. The molecule has 0 amide bonds. The number of hydrogen-bond donors (Lipinski definition) is 1. The van der Waals surface area contributed by atoms with Gasteiger partial charge >= 0.3 is 6.01 Å². The highest BCUT2D eigenvalue weighted by Crippen LogP contribution is 2.46. The quantitative estimate of drug-likeness (QED) is 0.244. The van der Waals surface area contributed by atoms with E-state index in [-0.39, 0.29) is 67.0 Å². The molecule has 4 aromatic rings. The summed E-state index contributed by atoms with van der Waals surface area (Å²) in [6.45, 7) is 2.81. The first-order valence-electron chi connectivity index (χ1n) is 15.7. The fourth-order valence-electron chi connectivity index (χ4n) is 8.37. The number of ether oxygens (including phenoxy) is 1. The average Bonchev–Trinajstić information content (AvgIpc) is 3.74. The summed E-state index contributed by atoms with van der Waals surface area (Å²) in [4.78, 5) is 15.8. The molecular weight excluding hydrogens is 649 g/mol. The lowest BCUT2D eigenvalue weighted by Crippen LogP contribution is -2.54. The van der Waals surface area contributed by atoms with Gasteiger partial charge in [0.15, 0.2) is 5.82 Å². The monoisotopic (exact) mass is 678 g/mol. The Morgan fingerprint density at radius 2 is 1.94 bits per heavy atom. The van der Waals surface area contributed by atoms with Crippen LogP contribution in [0, 0.1) is 34.3 Å². The maximum absolute atomic E-state index is 17.0. The van der Waals surface area contributed by atoms with Crippen molar-refractivity contribution in [1.82, 2.24) is 19.8 Å². The molecule has 0 saturated carbocycles. The Labute approximate surface area is 277 Å². The van der Waals surface area contributed by atoms with Crippen LogP contribution in [0.1, 0.15) is 37.7 Å². The highest BCUT2D eigenvalue weighted by molar-refractivity contribution is 7.23. The molecule has 2 unspecified atom stereocenters. The van der Waals surface area contributed by atoms with Gasteiger partial charge in [-0.2, -0.15) is 20.5 Å². The average molecular weight is 679 g/mol. The third kappa shape index (κ3) is 4.78. The minimum atomic E-state index is -0.939. The van der Waals surface area contributed by atoms with E-state index in [4.69, 9.17) is 27.1 Å². The number of nitrogen functional groups attached to an aromatic ring is 1. The van der Waals surface area contributed by atoms with E-state index in [1.807, 2.05) is 6.07 Å². The molecule has 2 aromatic heterocycles. The molecule has 14 heteroatoms. The number of nitrogens with zero attached hydrogens (tertiary/aromatic N) is 7. The lowest BCUT2D eigenvalue weighted by molar-refractivity contribution is 0.107. The molecule has 4 aliphatic rings. The van der Waals surface area contributed by atoms with Gasteiger partial charge in [-0.1, -0.05) is 17.7 Å². The van der Waals surface area contributed by atoms with Crippen molar-refractivity contribution < 1.29 is 17.9 Å². The standard InChI is InChI=1S/C33H30ClF3N8OS/c34-23-10-21-28(27(37)26(23)20-4-5-24(36)29-25(20)22(12-39)30(40)47-29)41-32(46-16-33-6-1-8-44(33)13-17(35)11-33)42-31(21)43-14-18-2-3-19(15-43)45(18)9-7-38/h4-5,10,17-19H,1-3,6,8-9,11,13-16,40H2/t17-,18?,19?,33+/m1/s1. The number of nitriles is 2. The molecular formula is C33H30ClF3N8OS. The molecule has 2 aromatic carbocycles. The van der Waals surface area contributed by atoms with Crippen molar-refractivity contribution in [3.05, 3.63) is 40.4 Å². The summed E-state index contributed by atoms with van der Waals surface area (Å²) < 4.78 is 52.8. The second-order valence-corrected chi connectivity index (χ2v) is 14.5. The Hall–Kier alpha value is -3.88. The number of halogens is 4. The summed E-state index contributed by atoms with van der Waals surface area (Å²) in [5.41, 5.74) is 5.81. The van der Waals surface area contributed by atoms with Crippen LogP contribution in [-0.4, -0.2) is 82.9 Å². The van der Waals surface area contributed by atoms with Crippen molar-refractivity contribution in [2.24, 2.45) is 0 Å². The third-order valence-electron chi connectivity index (χ3n) is 10.5. The van der Waals surface area contributed by atoms with Crippen molar-refractivity contribution >= 4 is 54.7 Å². The van der Waals surface area contributed by atoms with Crippen LogP contribution in [0.5, 0.6) is 6.01 Å². The first kappa shape index (κ1) is 30.5. The van der Waals surface area contributed by atoms with Crippen LogP contribution in [0.4, 0.5) is 24.0 Å². The maximum atomic E-state index is 17.0. The molecule has 8 rings (SSSR count). The molecule has 4 saturated heterocycles. The van der Waals surface area contributed by atoms with Gasteiger partial charge in [-0.15, -0.1) is 11.3 Å². The largest absolute Gasteiger partial charge is 0.461 e. The van der Waals surface area contributed by atoms with E-state index >= 15 is 4.39 Å². The summed E-state index contributed by atoms with van der Waals surface area (Å²) >= 11 is 7.78. The molecule has 0 radical (unpaired) electrons. The molecule has 0 spiro atoms. The minimum absolute atomic E-state index is 0.0308. The number of hydrogen-bond acceptors (Lipinski definition) is 10. The number of aromatic nitrogens is 2. The molecule has 47 heavy (non-hydrogen) atoms. The van der Waals surface area contributed by atoms with Crippen LogP contribution < -0.4 is 15.4 Å². The van der Waals surface area contributed by atoms with Crippen LogP contribution in [0.3, 0.4) is 0 Å². The van der Waals surface area contributed by atoms with Gasteiger partial charge in [0.2, 0.25) is 0 Å². The van der Waals surface area contributed by atoms with Crippen molar-refractivity contribution in [2.75, 3.05) is 50.0 Å². The molecule has 4 aliphatic heterocycles. The summed E-state index contributed by atoms with van der Waals surface area (Å²) in [7, 11) is 0. The number of fused-ring (bicyclic) bond motifs is 5. The van der Waals surface area contributed by atoms with Crippen molar-refractivity contribution in [1.29, 1.82) is 10.5 Å². The highest BCUT2D eigenvalue weighted by atomic mass is 35.5. The number of anilines is 2. The topological polar surface area (TPSA) is 118 Å². The predicted octanol–water partition coefficient (Wildman–Crippen LogP) is 6.03. The second-order valence-electron chi connectivity index (χ2n) is 13.0. The fraction of sp³-hybridized carbons (Fsp3) is 0.455. The van der Waals surface area contributed by atoms with E-state index in [2.05, 4.69) is 25.8 Å². The first-order valence-corrected chi connectivity index (χ1v) is 16.9. The van der Waals surface area contributed by atoms with Crippen LogP contribution >= 0.6 is 22.9 Å². The van der Waals surface area contributed by atoms with Crippen LogP contribution in [0.2, 0.25) is 5.02 Å². The van der Waals surface area contributed by atoms with E-state index in [1.165, 1.54) is 12.1 Å². The highest BCUT2D eigenvalue weighted by Gasteiger charge is 2.49. The molecule has 9 nitrogen and oxygen atoms in total. The number of benzene rings is 2. The smallest absolute Gasteiger partial charge is 0.319 e. The Kier molecular flexibility index (Phi) is 7.37. The molecule has 4 fully saturated rings. The van der Waals surface area contributed by atoms with Gasteiger partial charge in [0.25, 0.3) is 0 Å². The molecule has 4 atom stereocenters. The van der Waals surface area contributed by atoms with Gasteiger partial charge < -0.3 is 15.4 Å². The van der Waals surface area contributed by atoms with E-state index in [0.29, 0.717) is 43.8 Å². The molecule has 2 N–H and O–H groups in total. The first-order chi connectivity index (χ1) is 22.7. The van der Waals surface area contributed by atoms with E-state index in [9.17, 15) is 19.3 Å². The summed E-state index contributed by atoms with van der Waals surface area (Å²) in [5.74, 6) is -0.880. The predicted molar refractivity (Wildman–Crippen MR) is 174 cm³/mol. The van der Waals surface area contributed by atoms with Crippen molar-refractivity contribution in [3.63, 3.8) is 0 Å². The molecule has 2 bridgehead atoms. The molecule has 0 aliphatic carbocycles. The zero-order chi connectivity index (χ0) is 32.6. The SMILES string of the molecule is N#CCN1C2CCC1CN(c1nc(OC[C@@]34CCCN3C[C@H](F)C4)nc3c(F)c(-c4ccc(F)c5sc(N)c(C#N)c45)c(Cl)cc13)C2. The van der Waals surface area contributed by atoms with Gasteiger partial charge in [0, 0.05) is 54.5 Å². The van der Waals surface area contributed by atoms with Gasteiger partial charge in [-0.05, 0) is 49.9 Å². The Morgan fingerprint density at radius 3 is 2.68 bits per heavy atom. The number of piperazine rings is 1. The van der Waals surface area contributed by atoms with Crippen molar-refractivity contribution in [2.45, 2.75) is 55.9 Å². The van der Waals surface area contributed by atoms with Gasteiger partial charge in [-0.3, -0.25) is 9.80 Å². The number of nitrogens with two attached hydrogens (primary N) is 1. The Morgan fingerprint density at radius 1 is 1.15 bits per heavy atom. The van der Waals surface area contributed by atoms with Crippen LogP contribution in [0.15, 0.2) is 18.2 Å². The Bertz CT molecular complexity index is 2020. The maximum Gasteiger partial charge on any atom is 0.319 e. The van der Waals surface area contributed by atoms with Gasteiger partial charge in [0.05, 0.1) is 33.4 Å².